The van der Waals surface area contributed by atoms with Crippen LogP contribution in [0.25, 0.3) is 0 Å². The minimum Gasteiger partial charge on any atom is -0.303 e. The summed E-state index contributed by atoms with van der Waals surface area (Å²) in [6.45, 7) is 11.0. The predicted octanol–water partition coefficient (Wildman–Crippen LogP) is 5.72. The second-order valence-electron chi connectivity index (χ2n) is 7.47. The molecule has 0 radical (unpaired) electrons. The van der Waals surface area contributed by atoms with E-state index >= 15 is 0 Å². The van der Waals surface area contributed by atoms with Crippen LogP contribution in [0.3, 0.4) is 0 Å². The first-order valence-corrected chi connectivity index (χ1v) is 9.49. The van der Waals surface area contributed by atoms with E-state index in [9.17, 15) is 0 Å². The SMILES string of the molecule is CCCCCCCCN1CC(C(c2ccccc2)C(C)C)C1. The average Bonchev–Trinajstić information content (AvgIpc) is 2.48. The second-order valence-corrected chi connectivity index (χ2v) is 7.47. The van der Waals surface area contributed by atoms with Crippen molar-refractivity contribution in [2.75, 3.05) is 19.6 Å². The van der Waals surface area contributed by atoms with Crippen molar-refractivity contribution < 1.29 is 0 Å². The van der Waals surface area contributed by atoms with E-state index in [1.54, 1.807) is 5.56 Å². The van der Waals surface area contributed by atoms with Gasteiger partial charge in [-0.2, -0.15) is 0 Å². The summed E-state index contributed by atoms with van der Waals surface area (Å²) in [5.41, 5.74) is 1.54. The summed E-state index contributed by atoms with van der Waals surface area (Å²) in [6, 6.07) is 11.2. The third-order valence-corrected chi connectivity index (χ3v) is 5.22. The van der Waals surface area contributed by atoms with E-state index in [2.05, 4.69) is 56.0 Å². The molecule has 0 bridgehead atoms. The fourth-order valence-electron chi connectivity index (χ4n) is 4.01. The summed E-state index contributed by atoms with van der Waals surface area (Å²) in [4.78, 5) is 2.67. The number of hydrogen-bond donors (Lipinski definition) is 0. The van der Waals surface area contributed by atoms with Gasteiger partial charge in [0.15, 0.2) is 0 Å². The summed E-state index contributed by atoms with van der Waals surface area (Å²) >= 11 is 0. The highest BCUT2D eigenvalue weighted by molar-refractivity contribution is 5.22. The minimum atomic E-state index is 0.738. The highest BCUT2D eigenvalue weighted by atomic mass is 15.2. The zero-order valence-corrected chi connectivity index (χ0v) is 14.9. The first-order valence-electron chi connectivity index (χ1n) is 9.49. The molecule has 0 spiro atoms. The highest BCUT2D eigenvalue weighted by Gasteiger charge is 2.35. The number of nitrogens with zero attached hydrogens (tertiary/aromatic N) is 1. The molecule has 1 saturated heterocycles. The Labute approximate surface area is 138 Å². The molecule has 0 N–H and O–H groups in total. The molecular weight excluding hydrogens is 266 g/mol. The van der Waals surface area contributed by atoms with Gasteiger partial charge in [0.05, 0.1) is 0 Å². The van der Waals surface area contributed by atoms with E-state index in [1.807, 2.05) is 0 Å². The third-order valence-electron chi connectivity index (χ3n) is 5.22. The van der Waals surface area contributed by atoms with Crippen molar-refractivity contribution in [2.45, 2.75) is 65.2 Å². The van der Waals surface area contributed by atoms with Crippen molar-refractivity contribution in [3.8, 4) is 0 Å². The monoisotopic (exact) mass is 301 g/mol. The Bertz CT molecular complexity index is 392. The van der Waals surface area contributed by atoms with Crippen LogP contribution in [-0.4, -0.2) is 24.5 Å². The Hall–Kier alpha value is -0.820. The largest absolute Gasteiger partial charge is 0.303 e. The molecule has 0 saturated carbocycles. The van der Waals surface area contributed by atoms with Crippen LogP contribution in [0.2, 0.25) is 0 Å². The molecule has 0 amide bonds. The highest BCUT2D eigenvalue weighted by Crippen LogP contribution is 2.37. The maximum Gasteiger partial charge on any atom is 0.00280 e. The maximum atomic E-state index is 2.67. The summed E-state index contributed by atoms with van der Waals surface area (Å²) in [7, 11) is 0. The molecule has 0 aliphatic carbocycles. The minimum absolute atomic E-state index is 0.738. The molecule has 1 aromatic carbocycles. The zero-order chi connectivity index (χ0) is 15.8. The van der Waals surface area contributed by atoms with Crippen LogP contribution < -0.4 is 0 Å². The molecule has 1 aliphatic heterocycles. The number of benzene rings is 1. The van der Waals surface area contributed by atoms with Gasteiger partial charge in [0.2, 0.25) is 0 Å². The summed E-state index contributed by atoms with van der Waals surface area (Å²) in [5, 5.41) is 0. The number of likely N-dealkylation sites (tertiary alicyclic amines) is 1. The number of hydrogen-bond acceptors (Lipinski definition) is 1. The van der Waals surface area contributed by atoms with E-state index in [0.29, 0.717) is 0 Å². The van der Waals surface area contributed by atoms with Gasteiger partial charge < -0.3 is 4.90 Å². The van der Waals surface area contributed by atoms with Gasteiger partial charge in [0, 0.05) is 13.1 Å². The van der Waals surface area contributed by atoms with Crippen molar-refractivity contribution in [3.63, 3.8) is 0 Å². The fraction of sp³-hybridized carbons (Fsp3) is 0.714. The summed E-state index contributed by atoms with van der Waals surface area (Å²) in [6.07, 6.45) is 8.46. The molecule has 1 unspecified atom stereocenters. The van der Waals surface area contributed by atoms with Gasteiger partial charge in [-0.1, -0.05) is 83.2 Å². The van der Waals surface area contributed by atoms with Gasteiger partial charge in [0.25, 0.3) is 0 Å². The normalized spacial score (nSPS) is 17.6. The molecule has 1 atom stereocenters. The fourth-order valence-corrected chi connectivity index (χ4v) is 4.01. The Kier molecular flexibility index (Phi) is 7.45. The van der Waals surface area contributed by atoms with E-state index < -0.39 is 0 Å². The van der Waals surface area contributed by atoms with Crippen LogP contribution in [-0.2, 0) is 0 Å². The van der Waals surface area contributed by atoms with Crippen molar-refractivity contribution in [3.05, 3.63) is 35.9 Å². The van der Waals surface area contributed by atoms with Crippen LogP contribution in [0, 0.1) is 11.8 Å². The Morgan fingerprint density at radius 2 is 1.59 bits per heavy atom. The summed E-state index contributed by atoms with van der Waals surface area (Å²) < 4.78 is 0. The lowest BCUT2D eigenvalue weighted by molar-refractivity contribution is 0.0663. The first-order chi connectivity index (χ1) is 10.7. The van der Waals surface area contributed by atoms with Gasteiger partial charge in [-0.05, 0) is 36.3 Å². The smallest absolute Gasteiger partial charge is 0.00280 e. The van der Waals surface area contributed by atoms with Gasteiger partial charge in [-0.25, -0.2) is 0 Å². The lowest BCUT2D eigenvalue weighted by Gasteiger charge is -2.45. The standard InChI is InChI=1S/C21H35N/c1-4-5-6-7-8-12-15-22-16-20(17-22)21(18(2)3)19-13-10-9-11-14-19/h9-11,13-14,18,20-21H,4-8,12,15-17H2,1-3H3. The Morgan fingerprint density at radius 1 is 0.955 bits per heavy atom. The molecule has 1 heterocycles. The van der Waals surface area contributed by atoms with Crippen molar-refractivity contribution in [1.29, 1.82) is 0 Å². The predicted molar refractivity (Wildman–Crippen MR) is 97.3 cm³/mol. The van der Waals surface area contributed by atoms with Gasteiger partial charge >= 0.3 is 0 Å². The number of rotatable bonds is 10. The Morgan fingerprint density at radius 3 is 2.23 bits per heavy atom. The lowest BCUT2D eigenvalue weighted by Crippen LogP contribution is -2.50. The van der Waals surface area contributed by atoms with E-state index in [-0.39, 0.29) is 0 Å². The molecule has 1 heteroatoms. The third kappa shape index (κ3) is 5.12. The van der Waals surface area contributed by atoms with E-state index in [4.69, 9.17) is 0 Å². The quantitative estimate of drug-likeness (QED) is 0.500. The molecule has 1 fully saturated rings. The molecule has 1 nitrogen and oxygen atoms in total. The van der Waals surface area contributed by atoms with Crippen LogP contribution in [0.15, 0.2) is 30.3 Å². The van der Waals surface area contributed by atoms with Crippen LogP contribution in [0.1, 0.15) is 70.8 Å². The molecule has 22 heavy (non-hydrogen) atoms. The Balaban J connectivity index is 1.68. The average molecular weight is 302 g/mol. The molecule has 1 aliphatic rings. The van der Waals surface area contributed by atoms with E-state index in [0.717, 1.165) is 17.8 Å². The topological polar surface area (TPSA) is 3.24 Å². The second kappa shape index (κ2) is 9.35. The summed E-state index contributed by atoms with van der Waals surface area (Å²) in [5.74, 6) is 2.34. The molecule has 1 aromatic rings. The number of unbranched alkanes of at least 4 members (excludes halogenated alkanes) is 5. The van der Waals surface area contributed by atoms with Crippen molar-refractivity contribution in [2.24, 2.45) is 11.8 Å². The van der Waals surface area contributed by atoms with Crippen LogP contribution in [0.5, 0.6) is 0 Å². The van der Waals surface area contributed by atoms with Gasteiger partial charge in [-0.15, -0.1) is 0 Å². The van der Waals surface area contributed by atoms with Crippen LogP contribution in [0.4, 0.5) is 0 Å². The lowest BCUT2D eigenvalue weighted by atomic mass is 9.74. The molecular formula is C21H35N. The zero-order valence-electron chi connectivity index (χ0n) is 14.9. The van der Waals surface area contributed by atoms with Gasteiger partial charge in [-0.3, -0.25) is 0 Å². The van der Waals surface area contributed by atoms with Gasteiger partial charge in [0.1, 0.15) is 0 Å². The van der Waals surface area contributed by atoms with Crippen LogP contribution >= 0.6 is 0 Å². The van der Waals surface area contributed by atoms with Crippen molar-refractivity contribution >= 4 is 0 Å². The molecule has 2 rings (SSSR count). The van der Waals surface area contributed by atoms with E-state index in [1.165, 1.54) is 58.2 Å². The molecule has 124 valence electrons. The molecule has 0 aromatic heterocycles. The van der Waals surface area contributed by atoms with Crippen molar-refractivity contribution in [1.82, 2.24) is 4.90 Å². The maximum absolute atomic E-state index is 2.67. The first kappa shape index (κ1) is 17.5.